The summed E-state index contributed by atoms with van der Waals surface area (Å²) in [6.45, 7) is 3.31. The number of hydrogen-bond donors (Lipinski definition) is 1. The lowest BCUT2D eigenvalue weighted by molar-refractivity contribution is -0.150. The Labute approximate surface area is 171 Å². The lowest BCUT2D eigenvalue weighted by Gasteiger charge is -2.21. The molecule has 2 aromatic rings. The molecule has 2 rings (SSSR count). The smallest absolute Gasteiger partial charge is 0.328 e. The molecule has 0 fully saturated rings. The Balaban J connectivity index is 1.84. The SMILES string of the molecule is CC[C@@H](C)[C@@H](NC(=O)COC(=O)Cc1ccc(-c2ccccc2)cc1)C(=O)OC. The molecule has 0 radical (unpaired) electrons. The first-order chi connectivity index (χ1) is 13.9. The molecule has 0 aliphatic heterocycles. The third-order valence-corrected chi connectivity index (χ3v) is 4.76. The highest BCUT2D eigenvalue weighted by atomic mass is 16.5. The van der Waals surface area contributed by atoms with Gasteiger partial charge < -0.3 is 14.8 Å². The molecule has 29 heavy (non-hydrogen) atoms. The van der Waals surface area contributed by atoms with Crippen molar-refractivity contribution in [2.24, 2.45) is 5.92 Å². The molecule has 154 valence electrons. The summed E-state index contributed by atoms with van der Waals surface area (Å²) >= 11 is 0. The Kier molecular flexibility index (Phi) is 8.40. The Morgan fingerprint density at radius 3 is 2.17 bits per heavy atom. The average Bonchev–Trinajstić information content (AvgIpc) is 2.76. The van der Waals surface area contributed by atoms with E-state index in [1.54, 1.807) is 0 Å². The third-order valence-electron chi connectivity index (χ3n) is 4.76. The molecule has 1 amide bonds. The molecule has 0 spiro atoms. The highest BCUT2D eigenvalue weighted by Crippen LogP contribution is 2.19. The van der Waals surface area contributed by atoms with E-state index in [-0.39, 0.29) is 12.3 Å². The number of carbonyl (C=O) groups is 3. The predicted molar refractivity (Wildman–Crippen MR) is 110 cm³/mol. The van der Waals surface area contributed by atoms with Crippen LogP contribution < -0.4 is 5.32 Å². The van der Waals surface area contributed by atoms with Crippen molar-refractivity contribution in [3.63, 3.8) is 0 Å². The van der Waals surface area contributed by atoms with Crippen LogP contribution in [0.1, 0.15) is 25.8 Å². The van der Waals surface area contributed by atoms with Crippen molar-refractivity contribution in [3.8, 4) is 11.1 Å². The fourth-order valence-electron chi connectivity index (χ4n) is 2.82. The number of ether oxygens (including phenoxy) is 2. The molecule has 0 aliphatic carbocycles. The number of rotatable bonds is 9. The van der Waals surface area contributed by atoms with E-state index in [0.29, 0.717) is 6.42 Å². The summed E-state index contributed by atoms with van der Waals surface area (Å²) in [5.74, 6) is -1.65. The van der Waals surface area contributed by atoms with Gasteiger partial charge in [0.1, 0.15) is 6.04 Å². The fourth-order valence-corrected chi connectivity index (χ4v) is 2.82. The van der Waals surface area contributed by atoms with Gasteiger partial charge in [-0.05, 0) is 22.6 Å². The molecule has 0 heterocycles. The number of esters is 2. The van der Waals surface area contributed by atoms with Crippen LogP contribution in [0.3, 0.4) is 0 Å². The molecule has 1 N–H and O–H groups in total. The van der Waals surface area contributed by atoms with E-state index in [4.69, 9.17) is 9.47 Å². The number of methoxy groups -OCH3 is 1. The second-order valence-corrected chi connectivity index (χ2v) is 6.85. The maximum absolute atomic E-state index is 12.1. The Morgan fingerprint density at radius 2 is 1.59 bits per heavy atom. The minimum absolute atomic E-state index is 0.0636. The highest BCUT2D eigenvalue weighted by Gasteiger charge is 2.26. The topological polar surface area (TPSA) is 81.7 Å². The number of nitrogens with one attached hydrogen (secondary N) is 1. The average molecular weight is 397 g/mol. The van der Waals surface area contributed by atoms with Gasteiger partial charge in [0.2, 0.25) is 0 Å². The second-order valence-electron chi connectivity index (χ2n) is 6.85. The normalized spacial score (nSPS) is 12.5. The second kappa shape index (κ2) is 11.0. The standard InChI is InChI=1S/C23H27NO5/c1-4-16(2)22(23(27)28-3)24-20(25)15-29-21(26)14-17-10-12-19(13-11-17)18-8-6-5-7-9-18/h5-13,16,22H,4,14-15H2,1-3H3,(H,24,25)/t16-,22-/m1/s1. The molecular weight excluding hydrogens is 370 g/mol. The van der Waals surface area contributed by atoms with Crippen LogP contribution in [-0.2, 0) is 30.3 Å². The van der Waals surface area contributed by atoms with Gasteiger partial charge in [0.15, 0.2) is 6.61 Å². The summed E-state index contributed by atoms with van der Waals surface area (Å²) in [6, 6.07) is 16.8. The molecule has 0 bridgehead atoms. The predicted octanol–water partition coefficient (Wildman–Crippen LogP) is 3.14. The van der Waals surface area contributed by atoms with Crippen LogP contribution >= 0.6 is 0 Å². The van der Waals surface area contributed by atoms with Gasteiger partial charge in [-0.3, -0.25) is 9.59 Å². The van der Waals surface area contributed by atoms with Crippen molar-refractivity contribution < 1.29 is 23.9 Å². The van der Waals surface area contributed by atoms with Gasteiger partial charge in [-0.2, -0.15) is 0 Å². The van der Waals surface area contributed by atoms with Crippen LogP contribution in [0.25, 0.3) is 11.1 Å². The van der Waals surface area contributed by atoms with Crippen LogP contribution in [0.4, 0.5) is 0 Å². The molecule has 0 saturated heterocycles. The minimum Gasteiger partial charge on any atom is -0.467 e. The zero-order valence-electron chi connectivity index (χ0n) is 17.0. The van der Waals surface area contributed by atoms with Crippen LogP contribution in [-0.4, -0.2) is 37.6 Å². The van der Waals surface area contributed by atoms with Gasteiger partial charge in [0.05, 0.1) is 13.5 Å². The van der Waals surface area contributed by atoms with Crippen molar-refractivity contribution >= 4 is 17.8 Å². The first-order valence-corrected chi connectivity index (χ1v) is 9.61. The fraction of sp³-hybridized carbons (Fsp3) is 0.348. The summed E-state index contributed by atoms with van der Waals surface area (Å²) in [5.41, 5.74) is 2.95. The lowest BCUT2D eigenvalue weighted by atomic mass is 9.99. The quantitative estimate of drug-likeness (QED) is 0.658. The highest BCUT2D eigenvalue weighted by molar-refractivity contribution is 5.86. The van der Waals surface area contributed by atoms with E-state index < -0.39 is 30.5 Å². The maximum atomic E-state index is 12.1. The number of amides is 1. The molecular formula is C23H27NO5. The Morgan fingerprint density at radius 1 is 0.966 bits per heavy atom. The number of carbonyl (C=O) groups excluding carboxylic acids is 3. The van der Waals surface area contributed by atoms with E-state index in [0.717, 1.165) is 16.7 Å². The van der Waals surface area contributed by atoms with E-state index in [1.807, 2.05) is 68.4 Å². The monoisotopic (exact) mass is 397 g/mol. The van der Waals surface area contributed by atoms with Gasteiger partial charge >= 0.3 is 11.9 Å². The molecule has 6 nitrogen and oxygen atoms in total. The molecule has 0 aromatic heterocycles. The molecule has 0 unspecified atom stereocenters. The van der Waals surface area contributed by atoms with Crippen LogP contribution in [0.5, 0.6) is 0 Å². The molecule has 0 aliphatic rings. The minimum atomic E-state index is -0.762. The van der Waals surface area contributed by atoms with Gasteiger partial charge in [-0.15, -0.1) is 0 Å². The van der Waals surface area contributed by atoms with E-state index in [1.165, 1.54) is 7.11 Å². The Bertz CT molecular complexity index is 817. The zero-order chi connectivity index (χ0) is 21.2. The van der Waals surface area contributed by atoms with E-state index in [9.17, 15) is 14.4 Å². The zero-order valence-corrected chi connectivity index (χ0v) is 17.0. The van der Waals surface area contributed by atoms with Crippen LogP contribution in [0.15, 0.2) is 54.6 Å². The Hall–Kier alpha value is -3.15. The lowest BCUT2D eigenvalue weighted by Crippen LogP contribution is -2.47. The molecule has 6 heteroatoms. The van der Waals surface area contributed by atoms with Crippen molar-refractivity contribution in [3.05, 3.63) is 60.2 Å². The third kappa shape index (κ3) is 6.75. The van der Waals surface area contributed by atoms with Crippen molar-refractivity contribution in [1.82, 2.24) is 5.32 Å². The number of benzene rings is 2. The van der Waals surface area contributed by atoms with Gasteiger partial charge in [-0.1, -0.05) is 74.9 Å². The van der Waals surface area contributed by atoms with E-state index >= 15 is 0 Å². The summed E-state index contributed by atoms with van der Waals surface area (Å²) in [6.07, 6.45) is 0.757. The summed E-state index contributed by atoms with van der Waals surface area (Å²) < 4.78 is 9.77. The van der Waals surface area contributed by atoms with Crippen molar-refractivity contribution in [2.75, 3.05) is 13.7 Å². The summed E-state index contributed by atoms with van der Waals surface area (Å²) in [4.78, 5) is 35.9. The van der Waals surface area contributed by atoms with Gasteiger partial charge in [0, 0.05) is 0 Å². The van der Waals surface area contributed by atoms with Crippen LogP contribution in [0.2, 0.25) is 0 Å². The van der Waals surface area contributed by atoms with Gasteiger partial charge in [0.25, 0.3) is 5.91 Å². The first-order valence-electron chi connectivity index (χ1n) is 9.61. The van der Waals surface area contributed by atoms with Gasteiger partial charge in [-0.25, -0.2) is 4.79 Å². The van der Waals surface area contributed by atoms with Crippen LogP contribution in [0, 0.1) is 5.92 Å². The first kappa shape index (κ1) is 22.1. The molecule has 0 saturated carbocycles. The van der Waals surface area contributed by atoms with E-state index in [2.05, 4.69) is 5.32 Å². The summed E-state index contributed by atoms with van der Waals surface area (Å²) in [7, 11) is 1.27. The number of hydrogen-bond acceptors (Lipinski definition) is 5. The molecule has 2 atom stereocenters. The molecule has 2 aromatic carbocycles. The maximum Gasteiger partial charge on any atom is 0.328 e. The van der Waals surface area contributed by atoms with Crippen molar-refractivity contribution in [2.45, 2.75) is 32.7 Å². The summed E-state index contributed by atoms with van der Waals surface area (Å²) in [5, 5.41) is 2.57. The van der Waals surface area contributed by atoms with Crippen molar-refractivity contribution in [1.29, 1.82) is 0 Å². The largest absolute Gasteiger partial charge is 0.467 e.